The van der Waals surface area contributed by atoms with Crippen LogP contribution in [0.4, 0.5) is 5.13 Å². The van der Waals surface area contributed by atoms with E-state index in [0.29, 0.717) is 39.2 Å². The highest BCUT2D eigenvalue weighted by Gasteiger charge is 2.24. The van der Waals surface area contributed by atoms with Crippen LogP contribution in [-0.2, 0) is 4.79 Å². The molecule has 0 radical (unpaired) electrons. The lowest BCUT2D eigenvalue weighted by molar-refractivity contribution is -0.123. The van der Waals surface area contributed by atoms with E-state index in [-0.39, 0.29) is 5.91 Å². The Morgan fingerprint density at radius 1 is 1.32 bits per heavy atom. The molecule has 0 saturated heterocycles. The number of hydrogen-bond acceptors (Lipinski definition) is 7. The maximum absolute atomic E-state index is 12.9. The fourth-order valence-corrected chi connectivity index (χ4v) is 3.99. The zero-order valence-corrected chi connectivity index (χ0v) is 18.7. The van der Waals surface area contributed by atoms with Crippen LogP contribution in [0.25, 0.3) is 16.7 Å². The minimum atomic E-state index is -0.717. The number of nitrogens with one attached hydrogen (secondary N) is 1. The molecule has 4 rings (SSSR count). The molecule has 0 aliphatic heterocycles. The summed E-state index contributed by atoms with van der Waals surface area (Å²) in [6.45, 7) is 3.95. The summed E-state index contributed by atoms with van der Waals surface area (Å²) in [6, 6.07) is 7.36. The van der Waals surface area contributed by atoms with E-state index in [2.05, 4.69) is 32.3 Å². The molecule has 0 aliphatic rings. The number of halogens is 1. The molecule has 3 aromatic heterocycles. The molecule has 1 unspecified atom stereocenters. The van der Waals surface area contributed by atoms with Crippen molar-refractivity contribution in [3.63, 3.8) is 0 Å². The van der Waals surface area contributed by atoms with Crippen molar-refractivity contribution in [2.24, 2.45) is 0 Å². The Bertz CT molecular complexity index is 1210. The standard InChI is InChI=1S/C21H21ClN6O2S/c1-3-4-9-17(19(29)27-21-26-13(2)11-31-21)30-20-14-10-25-28(18(14)23-12-24-20)16-8-6-5-7-15(16)22/h5-8,10-12,17H,3-4,9H2,1-2H3,(H,26,27,29). The Labute approximate surface area is 188 Å². The van der Waals surface area contributed by atoms with E-state index in [1.807, 2.05) is 30.5 Å². The molecule has 1 atom stereocenters. The molecule has 0 fully saturated rings. The number of ether oxygens (including phenoxy) is 1. The number of rotatable bonds is 8. The van der Waals surface area contributed by atoms with E-state index in [0.717, 1.165) is 18.5 Å². The van der Waals surface area contributed by atoms with Gasteiger partial charge in [0.05, 0.1) is 22.6 Å². The highest BCUT2D eigenvalue weighted by Crippen LogP contribution is 2.28. The summed E-state index contributed by atoms with van der Waals surface area (Å²) in [4.78, 5) is 25.8. The van der Waals surface area contributed by atoms with Gasteiger partial charge in [-0.2, -0.15) is 5.10 Å². The number of anilines is 1. The molecule has 1 amide bonds. The van der Waals surface area contributed by atoms with Gasteiger partial charge in [-0.1, -0.05) is 37.1 Å². The SMILES string of the molecule is CCCCC(Oc1ncnc2c1cnn2-c1ccccc1Cl)C(=O)Nc1nc(C)cs1. The summed E-state index contributed by atoms with van der Waals surface area (Å²) < 4.78 is 7.71. The van der Waals surface area contributed by atoms with Crippen molar-refractivity contribution >= 4 is 45.0 Å². The predicted octanol–water partition coefficient (Wildman–Crippen LogP) is 4.81. The van der Waals surface area contributed by atoms with Gasteiger partial charge in [0.25, 0.3) is 5.91 Å². The van der Waals surface area contributed by atoms with Crippen LogP contribution in [-0.4, -0.2) is 36.7 Å². The number of fused-ring (bicyclic) bond motifs is 1. The number of hydrogen-bond donors (Lipinski definition) is 1. The first kappa shape index (κ1) is 21.2. The van der Waals surface area contributed by atoms with Gasteiger partial charge in [-0.3, -0.25) is 10.1 Å². The van der Waals surface area contributed by atoms with Gasteiger partial charge in [0.2, 0.25) is 5.88 Å². The number of aryl methyl sites for hydroxylation is 1. The van der Waals surface area contributed by atoms with Crippen LogP contribution in [0.2, 0.25) is 5.02 Å². The summed E-state index contributed by atoms with van der Waals surface area (Å²) in [5.74, 6) is 0.0444. The molecule has 1 aromatic carbocycles. The van der Waals surface area contributed by atoms with Crippen molar-refractivity contribution in [3.05, 3.63) is 52.9 Å². The zero-order chi connectivity index (χ0) is 21.8. The van der Waals surface area contributed by atoms with Gasteiger partial charge in [0, 0.05) is 5.38 Å². The van der Waals surface area contributed by atoms with Crippen molar-refractivity contribution in [1.29, 1.82) is 0 Å². The molecule has 10 heteroatoms. The molecule has 0 bridgehead atoms. The topological polar surface area (TPSA) is 94.8 Å². The first-order valence-corrected chi connectivity index (χ1v) is 11.2. The number of thiazole rings is 1. The van der Waals surface area contributed by atoms with Gasteiger partial charge >= 0.3 is 0 Å². The van der Waals surface area contributed by atoms with Gasteiger partial charge in [-0.15, -0.1) is 11.3 Å². The minimum Gasteiger partial charge on any atom is -0.464 e. The van der Waals surface area contributed by atoms with Gasteiger partial charge in [0.15, 0.2) is 16.9 Å². The van der Waals surface area contributed by atoms with Crippen molar-refractivity contribution in [3.8, 4) is 11.6 Å². The van der Waals surface area contributed by atoms with Gasteiger partial charge in [-0.25, -0.2) is 19.6 Å². The number of para-hydroxylation sites is 1. The molecule has 3 heterocycles. The Hall–Kier alpha value is -3.04. The average molecular weight is 457 g/mol. The monoisotopic (exact) mass is 456 g/mol. The average Bonchev–Trinajstić information content (AvgIpc) is 3.38. The predicted molar refractivity (Wildman–Crippen MR) is 121 cm³/mol. The molecular weight excluding hydrogens is 436 g/mol. The minimum absolute atomic E-state index is 0.256. The van der Waals surface area contributed by atoms with E-state index in [1.54, 1.807) is 16.9 Å². The summed E-state index contributed by atoms with van der Waals surface area (Å²) >= 11 is 7.70. The number of benzene rings is 1. The maximum Gasteiger partial charge on any atom is 0.267 e. The molecule has 0 aliphatic carbocycles. The van der Waals surface area contributed by atoms with E-state index in [4.69, 9.17) is 16.3 Å². The van der Waals surface area contributed by atoms with E-state index in [9.17, 15) is 4.79 Å². The van der Waals surface area contributed by atoms with Gasteiger partial charge in [0.1, 0.15) is 11.7 Å². The van der Waals surface area contributed by atoms with E-state index < -0.39 is 6.10 Å². The molecular formula is C21H21ClN6O2S. The molecule has 4 aromatic rings. The van der Waals surface area contributed by atoms with Crippen molar-refractivity contribution in [2.45, 2.75) is 39.2 Å². The summed E-state index contributed by atoms with van der Waals surface area (Å²) in [5, 5.41) is 10.8. The number of unbranched alkanes of at least 4 members (excludes halogenated alkanes) is 1. The zero-order valence-electron chi connectivity index (χ0n) is 17.1. The van der Waals surface area contributed by atoms with Crippen LogP contribution >= 0.6 is 22.9 Å². The Morgan fingerprint density at radius 2 is 2.16 bits per heavy atom. The Morgan fingerprint density at radius 3 is 2.90 bits per heavy atom. The molecule has 31 heavy (non-hydrogen) atoms. The first-order chi connectivity index (χ1) is 15.1. The number of amides is 1. The number of aromatic nitrogens is 5. The van der Waals surface area contributed by atoms with E-state index >= 15 is 0 Å². The van der Waals surface area contributed by atoms with Crippen LogP contribution in [0.3, 0.4) is 0 Å². The van der Waals surface area contributed by atoms with Crippen LogP contribution in [0.5, 0.6) is 5.88 Å². The second-order valence-corrected chi connectivity index (χ2v) is 8.22. The third kappa shape index (κ3) is 4.67. The summed E-state index contributed by atoms with van der Waals surface area (Å²) in [5.41, 5.74) is 2.10. The number of nitrogens with zero attached hydrogens (tertiary/aromatic N) is 5. The Kier molecular flexibility index (Phi) is 6.43. The third-order valence-corrected chi connectivity index (χ3v) is 5.82. The molecule has 160 valence electrons. The van der Waals surface area contributed by atoms with Crippen LogP contribution < -0.4 is 10.1 Å². The maximum atomic E-state index is 12.9. The van der Waals surface area contributed by atoms with Crippen LogP contribution in [0, 0.1) is 6.92 Å². The van der Waals surface area contributed by atoms with Crippen molar-refractivity contribution in [1.82, 2.24) is 24.7 Å². The highest BCUT2D eigenvalue weighted by atomic mass is 35.5. The normalized spacial score (nSPS) is 12.1. The highest BCUT2D eigenvalue weighted by molar-refractivity contribution is 7.13. The fourth-order valence-electron chi connectivity index (χ4n) is 3.08. The van der Waals surface area contributed by atoms with Crippen molar-refractivity contribution in [2.75, 3.05) is 5.32 Å². The number of carbonyl (C=O) groups excluding carboxylic acids is 1. The summed E-state index contributed by atoms with van der Waals surface area (Å²) in [6.07, 6.45) is 4.62. The van der Waals surface area contributed by atoms with Crippen LogP contribution in [0.15, 0.2) is 42.2 Å². The van der Waals surface area contributed by atoms with Crippen LogP contribution in [0.1, 0.15) is 31.9 Å². The second-order valence-electron chi connectivity index (χ2n) is 6.96. The third-order valence-electron chi connectivity index (χ3n) is 4.63. The smallest absolute Gasteiger partial charge is 0.267 e. The van der Waals surface area contributed by atoms with Gasteiger partial charge < -0.3 is 4.74 Å². The molecule has 0 saturated carbocycles. The quantitative estimate of drug-likeness (QED) is 0.408. The first-order valence-electron chi connectivity index (χ1n) is 9.90. The lowest BCUT2D eigenvalue weighted by atomic mass is 10.1. The van der Waals surface area contributed by atoms with Crippen molar-refractivity contribution < 1.29 is 9.53 Å². The van der Waals surface area contributed by atoms with Gasteiger partial charge in [-0.05, 0) is 31.9 Å². The molecule has 8 nitrogen and oxygen atoms in total. The lowest BCUT2D eigenvalue weighted by Gasteiger charge is -2.17. The largest absolute Gasteiger partial charge is 0.464 e. The molecule has 1 N–H and O–H groups in total. The molecule has 0 spiro atoms. The summed E-state index contributed by atoms with van der Waals surface area (Å²) in [7, 11) is 0. The Balaban J connectivity index is 1.63. The van der Waals surface area contributed by atoms with E-state index in [1.165, 1.54) is 17.7 Å². The number of carbonyl (C=O) groups is 1. The fraction of sp³-hybridized carbons (Fsp3) is 0.286. The lowest BCUT2D eigenvalue weighted by Crippen LogP contribution is -2.33. The second kappa shape index (κ2) is 9.40.